The number of para-hydroxylation sites is 2. The summed E-state index contributed by atoms with van der Waals surface area (Å²) < 4.78 is 0. The quantitative estimate of drug-likeness (QED) is 0.149. The maximum absolute atomic E-state index is 5.15. The first-order chi connectivity index (χ1) is 27.2. The smallest absolute Gasteiger partial charge is 0.238 e. The van der Waals surface area contributed by atoms with Gasteiger partial charge < -0.3 is 0 Å². The second kappa shape index (κ2) is 15.2. The van der Waals surface area contributed by atoms with Crippen LogP contribution in [-0.4, -0.2) is 24.9 Å². The highest BCUT2D eigenvalue weighted by Crippen LogP contribution is 2.35. The summed E-state index contributed by atoms with van der Waals surface area (Å²) in [6, 6.07) is 69.7. The number of nitrogens with zero attached hydrogens (tertiary/aromatic N) is 6. The van der Waals surface area contributed by atoms with Gasteiger partial charge >= 0.3 is 0 Å². The van der Waals surface area contributed by atoms with Gasteiger partial charge in [-0.2, -0.15) is 9.97 Å². The van der Waals surface area contributed by atoms with Crippen LogP contribution in [0.5, 0.6) is 0 Å². The third kappa shape index (κ3) is 7.25. The molecule has 0 amide bonds. The Morgan fingerprint density at radius 2 is 0.618 bits per heavy atom. The maximum atomic E-state index is 5.15. The van der Waals surface area contributed by atoms with Crippen molar-refractivity contribution in [1.29, 1.82) is 0 Å². The van der Waals surface area contributed by atoms with Gasteiger partial charge in [0.1, 0.15) is 0 Å². The van der Waals surface area contributed by atoms with Gasteiger partial charge in [-0.1, -0.05) is 164 Å². The molecule has 9 rings (SSSR count). The minimum Gasteiger partial charge on any atom is -0.279 e. The van der Waals surface area contributed by atoms with Crippen molar-refractivity contribution in [3.8, 4) is 67.8 Å². The molecular weight excluding hydrogens is 673 g/mol. The van der Waals surface area contributed by atoms with E-state index in [9.17, 15) is 0 Å². The Bertz CT molecular complexity index is 2590. The van der Waals surface area contributed by atoms with Crippen LogP contribution in [0.3, 0.4) is 0 Å². The third-order valence-electron chi connectivity index (χ3n) is 9.32. The molecule has 0 saturated carbocycles. The van der Waals surface area contributed by atoms with Crippen LogP contribution in [0.15, 0.2) is 206 Å². The molecule has 9 aromatic rings. The van der Waals surface area contributed by atoms with Crippen molar-refractivity contribution in [2.24, 2.45) is 0 Å². The molecule has 0 aliphatic heterocycles. The summed E-state index contributed by atoms with van der Waals surface area (Å²) in [5.41, 5.74) is 10.5. The van der Waals surface area contributed by atoms with E-state index in [2.05, 4.69) is 95.9 Å². The van der Waals surface area contributed by atoms with Crippen LogP contribution in [0.25, 0.3) is 67.8 Å². The molecule has 0 fully saturated rings. The number of hydrogen-bond acceptors (Lipinski definition) is 6. The van der Waals surface area contributed by atoms with Crippen molar-refractivity contribution in [2.45, 2.75) is 0 Å². The van der Waals surface area contributed by atoms with Crippen LogP contribution in [0.4, 0.5) is 17.3 Å². The molecule has 0 N–H and O–H groups in total. The lowest BCUT2D eigenvalue weighted by molar-refractivity contribution is 1.02. The summed E-state index contributed by atoms with van der Waals surface area (Å²) in [6.07, 6.45) is 0. The first-order valence-electron chi connectivity index (χ1n) is 18.2. The molecule has 0 unspecified atom stereocenters. The third-order valence-corrected chi connectivity index (χ3v) is 9.32. The zero-order valence-corrected chi connectivity index (χ0v) is 29.8. The summed E-state index contributed by atoms with van der Waals surface area (Å²) in [7, 11) is 0. The number of hydrogen-bond donors (Lipinski definition) is 0. The van der Waals surface area contributed by atoms with Crippen LogP contribution in [0.2, 0.25) is 0 Å². The Morgan fingerprint density at radius 1 is 0.255 bits per heavy atom. The number of aromatic nitrogens is 5. The van der Waals surface area contributed by atoms with Crippen LogP contribution < -0.4 is 4.90 Å². The van der Waals surface area contributed by atoms with E-state index in [1.165, 1.54) is 0 Å². The first kappa shape index (κ1) is 33.3. The summed E-state index contributed by atoms with van der Waals surface area (Å²) in [5.74, 6) is 2.39. The monoisotopic (exact) mass is 706 g/mol. The van der Waals surface area contributed by atoms with Crippen LogP contribution in [-0.2, 0) is 0 Å². The normalized spacial score (nSPS) is 10.9. The second-order valence-corrected chi connectivity index (χ2v) is 13.0. The van der Waals surface area contributed by atoms with Crippen molar-refractivity contribution >= 4 is 17.3 Å². The average molecular weight is 707 g/mol. The predicted octanol–water partition coefficient (Wildman–Crippen LogP) is 12.1. The Labute approximate surface area is 320 Å². The fourth-order valence-electron chi connectivity index (χ4n) is 6.61. The van der Waals surface area contributed by atoms with Crippen molar-refractivity contribution in [1.82, 2.24) is 24.9 Å². The Morgan fingerprint density at radius 3 is 1.15 bits per heavy atom. The van der Waals surface area contributed by atoms with Gasteiger partial charge in [-0.15, -0.1) is 0 Å². The van der Waals surface area contributed by atoms with Gasteiger partial charge in [-0.3, -0.25) is 4.90 Å². The lowest BCUT2D eigenvalue weighted by Gasteiger charge is -2.23. The van der Waals surface area contributed by atoms with E-state index in [4.69, 9.17) is 24.9 Å². The topological polar surface area (TPSA) is 67.7 Å². The van der Waals surface area contributed by atoms with E-state index >= 15 is 0 Å². The molecule has 0 radical (unpaired) electrons. The number of benzene rings is 7. The minimum atomic E-state index is 0.529. The molecule has 0 atom stereocenters. The second-order valence-electron chi connectivity index (χ2n) is 13.0. The highest BCUT2D eigenvalue weighted by Gasteiger charge is 2.20. The molecular formula is C49H34N6. The molecule has 6 nitrogen and oxygen atoms in total. The van der Waals surface area contributed by atoms with Crippen molar-refractivity contribution in [2.75, 3.05) is 4.90 Å². The molecule has 55 heavy (non-hydrogen) atoms. The minimum absolute atomic E-state index is 0.529. The fraction of sp³-hybridized carbons (Fsp3) is 0. The lowest BCUT2D eigenvalue weighted by atomic mass is 9.99. The summed E-state index contributed by atoms with van der Waals surface area (Å²) in [4.78, 5) is 27.4. The summed E-state index contributed by atoms with van der Waals surface area (Å²) in [5, 5.41) is 0. The largest absolute Gasteiger partial charge is 0.279 e. The molecule has 2 heterocycles. The lowest BCUT2D eigenvalue weighted by Crippen LogP contribution is -2.15. The highest BCUT2D eigenvalue weighted by molar-refractivity contribution is 5.79. The molecule has 2 aromatic heterocycles. The first-order valence-corrected chi connectivity index (χ1v) is 18.2. The van der Waals surface area contributed by atoms with E-state index < -0.39 is 0 Å². The van der Waals surface area contributed by atoms with E-state index in [1.54, 1.807) is 0 Å². The van der Waals surface area contributed by atoms with Gasteiger partial charge in [-0.05, 0) is 53.6 Å². The number of anilines is 3. The van der Waals surface area contributed by atoms with Crippen LogP contribution in [0, 0.1) is 0 Å². The van der Waals surface area contributed by atoms with Crippen molar-refractivity contribution < 1.29 is 0 Å². The molecule has 0 saturated heterocycles. The van der Waals surface area contributed by atoms with Gasteiger partial charge in [0.15, 0.2) is 17.5 Å². The molecule has 260 valence electrons. The van der Waals surface area contributed by atoms with E-state index in [0.29, 0.717) is 23.4 Å². The van der Waals surface area contributed by atoms with Gasteiger partial charge in [-0.25, -0.2) is 15.0 Å². The Hall–Kier alpha value is -7.57. The highest BCUT2D eigenvalue weighted by atomic mass is 15.3. The molecule has 6 heteroatoms. The maximum Gasteiger partial charge on any atom is 0.238 e. The zero-order chi connectivity index (χ0) is 36.8. The summed E-state index contributed by atoms with van der Waals surface area (Å²) in [6.45, 7) is 0. The molecule has 7 aromatic carbocycles. The molecule has 0 aliphatic carbocycles. The standard InChI is InChI=1S/C49H34N6/c1-6-18-35(19-7-1)44-34-45(51-46(50-44)36-20-8-2-9-21-36)40-26-16-24-38(32-40)39-25-17-27-41(33-39)48-52-47(37-22-10-3-11-23-37)53-49(54-48)55(42-28-12-4-13-29-42)43-30-14-5-15-31-43/h1-34H. The zero-order valence-electron chi connectivity index (χ0n) is 29.8. The van der Waals surface area contributed by atoms with Gasteiger partial charge in [0.2, 0.25) is 5.95 Å². The van der Waals surface area contributed by atoms with E-state index in [0.717, 1.165) is 61.7 Å². The molecule has 0 aliphatic rings. The van der Waals surface area contributed by atoms with Gasteiger partial charge in [0.25, 0.3) is 0 Å². The Kier molecular flexibility index (Phi) is 9.19. The van der Waals surface area contributed by atoms with Crippen molar-refractivity contribution in [3.05, 3.63) is 206 Å². The van der Waals surface area contributed by atoms with E-state index in [-0.39, 0.29) is 0 Å². The predicted molar refractivity (Wildman–Crippen MR) is 223 cm³/mol. The summed E-state index contributed by atoms with van der Waals surface area (Å²) >= 11 is 0. The SMILES string of the molecule is c1ccc(-c2cc(-c3cccc(-c4cccc(-c5nc(-c6ccccc6)nc(N(c6ccccc6)c6ccccc6)n5)c4)c3)nc(-c3ccccc3)n2)cc1. The molecule has 0 bridgehead atoms. The van der Waals surface area contributed by atoms with Crippen molar-refractivity contribution in [3.63, 3.8) is 0 Å². The molecule has 0 spiro atoms. The Balaban J connectivity index is 1.14. The van der Waals surface area contributed by atoms with Gasteiger partial charge in [0.05, 0.1) is 11.4 Å². The average Bonchev–Trinajstić information content (AvgIpc) is 3.28. The van der Waals surface area contributed by atoms with Crippen LogP contribution in [0.1, 0.15) is 0 Å². The van der Waals surface area contributed by atoms with Crippen LogP contribution >= 0.6 is 0 Å². The fourth-order valence-corrected chi connectivity index (χ4v) is 6.61. The van der Waals surface area contributed by atoms with Gasteiger partial charge in [0, 0.05) is 39.2 Å². The number of rotatable bonds is 9. The van der Waals surface area contributed by atoms with E-state index in [1.807, 2.05) is 115 Å².